The summed E-state index contributed by atoms with van der Waals surface area (Å²) in [5.41, 5.74) is -0.607. The maximum absolute atomic E-state index is 12.3. The molecule has 1 atom stereocenters. The number of carbonyl (C=O) groups is 3. The summed E-state index contributed by atoms with van der Waals surface area (Å²) in [6, 6.07) is -1.14. The van der Waals surface area contributed by atoms with Crippen molar-refractivity contribution < 1.29 is 23.9 Å². The van der Waals surface area contributed by atoms with E-state index >= 15 is 0 Å². The number of esters is 1. The Morgan fingerprint density at radius 3 is 2.30 bits per heavy atom. The Bertz CT molecular complexity index is 409. The van der Waals surface area contributed by atoms with Gasteiger partial charge in [-0.25, -0.2) is 9.59 Å². The lowest BCUT2D eigenvalue weighted by Crippen LogP contribution is -2.49. The van der Waals surface area contributed by atoms with Gasteiger partial charge in [0.05, 0.1) is 6.61 Å². The predicted molar refractivity (Wildman–Crippen MR) is 90.4 cm³/mol. The van der Waals surface area contributed by atoms with Crippen LogP contribution in [0.5, 0.6) is 0 Å². The molecular formula is C15H28N2O5S. The minimum atomic E-state index is -0.757. The number of nitrogens with one attached hydrogen (secondary N) is 1. The van der Waals surface area contributed by atoms with Crippen LogP contribution >= 0.6 is 11.8 Å². The molecule has 0 radical (unpaired) electrons. The van der Waals surface area contributed by atoms with Gasteiger partial charge in [-0.2, -0.15) is 0 Å². The van der Waals surface area contributed by atoms with Crippen molar-refractivity contribution in [2.75, 3.05) is 32.6 Å². The number of amides is 2. The summed E-state index contributed by atoms with van der Waals surface area (Å²) in [6.45, 7) is 9.50. The number of rotatable bonds is 8. The number of hydrogen-bond donors (Lipinski definition) is 1. The van der Waals surface area contributed by atoms with Crippen molar-refractivity contribution in [3.05, 3.63) is 0 Å². The highest BCUT2D eigenvalue weighted by Crippen LogP contribution is 2.09. The van der Waals surface area contributed by atoms with Crippen molar-refractivity contribution in [1.82, 2.24) is 10.2 Å². The molecule has 7 nitrogen and oxygen atoms in total. The fourth-order valence-corrected chi connectivity index (χ4v) is 2.14. The first-order valence-corrected chi connectivity index (χ1v) is 8.46. The molecule has 0 aromatic heterocycles. The van der Waals surface area contributed by atoms with E-state index in [0.29, 0.717) is 25.4 Å². The molecule has 0 bridgehead atoms. The van der Waals surface area contributed by atoms with Crippen LogP contribution in [0.1, 0.15) is 34.6 Å². The van der Waals surface area contributed by atoms with E-state index in [4.69, 9.17) is 9.47 Å². The van der Waals surface area contributed by atoms with Gasteiger partial charge in [-0.05, 0) is 27.7 Å². The van der Waals surface area contributed by atoms with Crippen LogP contribution in [0.4, 0.5) is 4.79 Å². The van der Waals surface area contributed by atoms with Crippen LogP contribution in [0.2, 0.25) is 0 Å². The predicted octanol–water partition coefficient (Wildman–Crippen LogP) is 1.65. The lowest BCUT2D eigenvalue weighted by Gasteiger charge is -2.26. The Kier molecular flexibility index (Phi) is 9.90. The van der Waals surface area contributed by atoms with E-state index in [0.717, 1.165) is 11.8 Å². The number of hydrogen-bond acceptors (Lipinski definition) is 6. The van der Waals surface area contributed by atoms with Crippen molar-refractivity contribution in [2.45, 2.75) is 46.3 Å². The molecule has 0 aromatic carbocycles. The van der Waals surface area contributed by atoms with Crippen molar-refractivity contribution in [3.8, 4) is 0 Å². The first-order chi connectivity index (χ1) is 10.6. The molecule has 1 N–H and O–H groups in total. The third-order valence-corrected chi connectivity index (χ3v) is 3.41. The molecule has 23 heavy (non-hydrogen) atoms. The van der Waals surface area contributed by atoms with Gasteiger partial charge < -0.3 is 19.7 Å². The summed E-state index contributed by atoms with van der Waals surface area (Å²) in [5, 5.41) is 2.61. The standard InChI is InChI=1S/C15H28N2O5S/c1-11(13(19)22-15(3,4)5)16-14(20)17(7-9-21-6)8-10-23-12(2)18/h11H,7-10H2,1-6H3,(H,16,20)/t11-/m0/s1. The minimum absolute atomic E-state index is 0.000720. The number of carbonyl (C=O) groups excluding carboxylic acids is 3. The first kappa shape index (κ1) is 21.7. The molecule has 0 rings (SSSR count). The maximum atomic E-state index is 12.3. The summed E-state index contributed by atoms with van der Waals surface area (Å²) in [4.78, 5) is 36.6. The second-order valence-electron chi connectivity index (χ2n) is 6.02. The average molecular weight is 348 g/mol. The Morgan fingerprint density at radius 2 is 1.83 bits per heavy atom. The third-order valence-electron chi connectivity index (χ3n) is 2.62. The van der Waals surface area contributed by atoms with Gasteiger partial charge in [-0.1, -0.05) is 11.8 Å². The number of methoxy groups -OCH3 is 1. The number of nitrogens with zero attached hydrogens (tertiary/aromatic N) is 1. The van der Waals surface area contributed by atoms with Gasteiger partial charge in [0.2, 0.25) is 0 Å². The van der Waals surface area contributed by atoms with Crippen molar-refractivity contribution >= 4 is 28.9 Å². The molecule has 0 aromatic rings. The van der Waals surface area contributed by atoms with Gasteiger partial charge >= 0.3 is 12.0 Å². The van der Waals surface area contributed by atoms with Gasteiger partial charge in [0, 0.05) is 32.9 Å². The lowest BCUT2D eigenvalue weighted by molar-refractivity contribution is -0.156. The SMILES string of the molecule is COCCN(CCSC(C)=O)C(=O)N[C@@H](C)C(=O)OC(C)(C)C. The van der Waals surface area contributed by atoms with E-state index in [9.17, 15) is 14.4 Å². The van der Waals surface area contributed by atoms with Gasteiger partial charge in [-0.15, -0.1) is 0 Å². The van der Waals surface area contributed by atoms with Gasteiger partial charge in [0.25, 0.3) is 0 Å². The molecule has 0 aliphatic heterocycles. The van der Waals surface area contributed by atoms with Crippen molar-refractivity contribution in [2.24, 2.45) is 0 Å². The smallest absolute Gasteiger partial charge is 0.328 e. The molecule has 8 heteroatoms. The summed E-state index contributed by atoms with van der Waals surface area (Å²) in [6.07, 6.45) is 0. The fourth-order valence-electron chi connectivity index (χ4n) is 1.54. The normalized spacial score (nSPS) is 12.4. The van der Waals surface area contributed by atoms with E-state index in [1.54, 1.807) is 34.8 Å². The van der Waals surface area contributed by atoms with Crippen LogP contribution in [0.3, 0.4) is 0 Å². The van der Waals surface area contributed by atoms with Gasteiger partial charge in [0.15, 0.2) is 5.12 Å². The third kappa shape index (κ3) is 11.0. The van der Waals surface area contributed by atoms with Crippen molar-refractivity contribution in [1.29, 1.82) is 0 Å². The van der Waals surface area contributed by atoms with Crippen molar-refractivity contribution in [3.63, 3.8) is 0 Å². The summed E-state index contributed by atoms with van der Waals surface area (Å²) in [5.74, 6) is 0.00320. The number of urea groups is 1. The molecule has 0 fully saturated rings. The molecule has 134 valence electrons. The molecule has 2 amide bonds. The van der Waals surface area contributed by atoms with Crippen LogP contribution in [-0.4, -0.2) is 66.2 Å². The largest absolute Gasteiger partial charge is 0.458 e. The molecule has 0 saturated heterocycles. The average Bonchev–Trinajstić information content (AvgIpc) is 2.40. The van der Waals surface area contributed by atoms with E-state index < -0.39 is 17.6 Å². The second kappa shape index (κ2) is 10.5. The van der Waals surface area contributed by atoms with Crippen LogP contribution in [0.15, 0.2) is 0 Å². The molecule has 0 saturated carbocycles. The zero-order chi connectivity index (χ0) is 18.0. The zero-order valence-electron chi connectivity index (χ0n) is 14.8. The Hall–Kier alpha value is -1.28. The highest BCUT2D eigenvalue weighted by molar-refractivity contribution is 8.13. The molecule has 0 aliphatic rings. The second-order valence-corrected chi connectivity index (χ2v) is 7.30. The quantitative estimate of drug-likeness (QED) is 0.672. The summed E-state index contributed by atoms with van der Waals surface area (Å²) < 4.78 is 10.2. The summed E-state index contributed by atoms with van der Waals surface area (Å²) in [7, 11) is 1.55. The highest BCUT2D eigenvalue weighted by Gasteiger charge is 2.24. The zero-order valence-corrected chi connectivity index (χ0v) is 15.6. The van der Waals surface area contributed by atoms with E-state index in [2.05, 4.69) is 5.32 Å². The Balaban J connectivity index is 4.55. The van der Waals surface area contributed by atoms with Crippen LogP contribution in [-0.2, 0) is 19.1 Å². The van der Waals surface area contributed by atoms with Gasteiger partial charge in [-0.3, -0.25) is 4.79 Å². The maximum Gasteiger partial charge on any atom is 0.328 e. The number of ether oxygens (including phenoxy) is 2. The van der Waals surface area contributed by atoms with Crippen LogP contribution in [0, 0.1) is 0 Å². The Labute approximate surface area is 142 Å². The summed E-state index contributed by atoms with van der Waals surface area (Å²) >= 11 is 1.15. The first-order valence-electron chi connectivity index (χ1n) is 7.47. The fraction of sp³-hybridized carbons (Fsp3) is 0.800. The molecule has 0 heterocycles. The van der Waals surface area contributed by atoms with E-state index in [-0.39, 0.29) is 11.1 Å². The van der Waals surface area contributed by atoms with E-state index in [1.807, 2.05) is 0 Å². The Morgan fingerprint density at radius 1 is 1.22 bits per heavy atom. The lowest BCUT2D eigenvalue weighted by atomic mass is 10.2. The molecule has 0 aliphatic carbocycles. The molecule has 0 unspecified atom stereocenters. The van der Waals surface area contributed by atoms with Crippen LogP contribution in [0.25, 0.3) is 0 Å². The monoisotopic (exact) mass is 348 g/mol. The van der Waals surface area contributed by atoms with E-state index in [1.165, 1.54) is 11.8 Å². The minimum Gasteiger partial charge on any atom is -0.458 e. The topological polar surface area (TPSA) is 84.9 Å². The molecule has 0 spiro atoms. The van der Waals surface area contributed by atoms with Crippen LogP contribution < -0.4 is 5.32 Å². The molecular weight excluding hydrogens is 320 g/mol. The highest BCUT2D eigenvalue weighted by atomic mass is 32.2. The number of thioether (sulfide) groups is 1. The van der Waals surface area contributed by atoms with Gasteiger partial charge in [0.1, 0.15) is 11.6 Å².